The Morgan fingerprint density at radius 2 is 1.77 bits per heavy atom. The van der Waals surface area contributed by atoms with Gasteiger partial charge in [0, 0.05) is 39.3 Å². The summed E-state index contributed by atoms with van der Waals surface area (Å²) in [6.07, 6.45) is 20.2. The second-order valence-electron chi connectivity index (χ2n) is 13.1. The molecular weight excluding hydrogens is 548 g/mol. The topological polar surface area (TPSA) is 94.3 Å². The Hall–Kier alpha value is -3.39. The summed E-state index contributed by atoms with van der Waals surface area (Å²) in [5.41, 5.74) is 9.36. The summed E-state index contributed by atoms with van der Waals surface area (Å²) in [7, 11) is 0. The van der Waals surface area contributed by atoms with E-state index in [1.54, 1.807) is 4.90 Å². The molecule has 0 spiro atoms. The van der Waals surface area contributed by atoms with Crippen LogP contribution in [-0.4, -0.2) is 83.9 Å². The first-order chi connectivity index (χ1) is 21.5. The highest BCUT2D eigenvalue weighted by atomic mass is 16.2. The molecule has 3 N–H and O–H groups in total. The molecule has 0 aromatic heterocycles. The number of allylic oxidation sites excluding steroid dienone is 2. The zero-order valence-electron chi connectivity index (χ0n) is 26.7. The minimum Gasteiger partial charge on any atom is -0.369 e. The lowest BCUT2D eigenvalue weighted by atomic mass is 9.77. The zero-order chi connectivity index (χ0) is 30.8. The number of unbranched alkanes of at least 4 members (excludes halogenated alkanes) is 1. The minimum atomic E-state index is -0.674. The van der Waals surface area contributed by atoms with Gasteiger partial charge in [0.2, 0.25) is 0 Å². The summed E-state index contributed by atoms with van der Waals surface area (Å²) in [5, 5.41) is 3.13. The van der Waals surface area contributed by atoms with Crippen LogP contribution in [0.4, 0.5) is 4.79 Å². The first kappa shape index (κ1) is 32.0. The molecule has 0 bridgehead atoms. The third kappa shape index (κ3) is 8.40. The van der Waals surface area contributed by atoms with E-state index in [0.717, 1.165) is 71.2 Å². The van der Waals surface area contributed by atoms with E-state index in [1.165, 1.54) is 48.8 Å². The number of carbonyl (C=O) groups excluding carboxylic acids is 2. The average molecular weight is 601 g/mol. The van der Waals surface area contributed by atoms with Crippen LogP contribution < -0.4 is 11.1 Å². The molecule has 1 saturated heterocycles. The fourth-order valence-corrected chi connectivity index (χ4v) is 7.11. The fraction of sp³-hybridized carbons (Fsp3) is 0.583. The molecule has 1 saturated carbocycles. The molecule has 2 aliphatic carbocycles. The largest absolute Gasteiger partial charge is 0.369 e. The van der Waals surface area contributed by atoms with Crippen molar-refractivity contribution in [1.29, 1.82) is 0 Å². The summed E-state index contributed by atoms with van der Waals surface area (Å²) in [4.78, 5) is 37.6. The lowest BCUT2D eigenvalue weighted by Gasteiger charge is -2.34. The number of nitrogens with zero attached hydrogens (tertiary/aromatic N) is 4. The molecule has 1 unspecified atom stereocenters. The Balaban J connectivity index is 1.07. The molecule has 8 heteroatoms. The quantitative estimate of drug-likeness (QED) is 0.320. The van der Waals surface area contributed by atoms with Crippen LogP contribution in [0.1, 0.15) is 83.1 Å². The second-order valence-corrected chi connectivity index (χ2v) is 13.1. The van der Waals surface area contributed by atoms with Crippen molar-refractivity contribution in [2.75, 3.05) is 45.8 Å². The van der Waals surface area contributed by atoms with Gasteiger partial charge in [-0.25, -0.2) is 9.79 Å². The van der Waals surface area contributed by atoms with Crippen LogP contribution in [0, 0.1) is 5.92 Å². The van der Waals surface area contributed by atoms with Gasteiger partial charge in [-0.1, -0.05) is 118 Å². The lowest BCUT2D eigenvalue weighted by Crippen LogP contribution is -2.51. The van der Waals surface area contributed by atoms with Gasteiger partial charge in [0.1, 0.15) is 5.54 Å². The normalized spacial score (nSPS) is 23.6. The van der Waals surface area contributed by atoms with Crippen molar-refractivity contribution in [2.24, 2.45) is 16.6 Å². The number of benzene rings is 1. The van der Waals surface area contributed by atoms with Crippen molar-refractivity contribution in [2.45, 2.75) is 83.1 Å². The molecule has 5 rings (SSSR count). The van der Waals surface area contributed by atoms with Crippen LogP contribution >= 0.6 is 0 Å². The summed E-state index contributed by atoms with van der Waals surface area (Å²) < 4.78 is 0. The summed E-state index contributed by atoms with van der Waals surface area (Å²) in [5.74, 6) is 1.06. The van der Waals surface area contributed by atoms with Crippen molar-refractivity contribution in [1.82, 2.24) is 20.0 Å². The number of piperazine rings is 1. The first-order valence-electron chi connectivity index (χ1n) is 17.0. The number of urea groups is 1. The number of nitrogens with two attached hydrogens (primary N) is 1. The van der Waals surface area contributed by atoms with Crippen LogP contribution in [0.3, 0.4) is 0 Å². The molecule has 2 heterocycles. The van der Waals surface area contributed by atoms with Crippen LogP contribution in [0.2, 0.25) is 0 Å². The van der Waals surface area contributed by atoms with Crippen LogP contribution in [-0.2, 0) is 4.79 Å². The molecule has 4 aliphatic rings. The molecule has 1 aromatic carbocycles. The standard InChI is InChI=1S/C36H52N6O2/c1-2-3-20-36(26-30-13-8-5-9-14-30)33(43)42(34(37)39-36)28-32-18-16-31(17-19-32)27-38-35(44)41-24-22-40(23-25-41)21-10-15-29-11-6-4-7-12-29/h4,6-7,10-12,15-16,18,30H,2-3,5,8-9,13-14,17,19-28H2,1H3,(H2,37,39)(H,38,44)/b15-10+. The molecular formula is C36H52N6O2. The van der Waals surface area contributed by atoms with Gasteiger partial charge in [-0.05, 0) is 37.2 Å². The van der Waals surface area contributed by atoms with Crippen molar-refractivity contribution in [3.8, 4) is 0 Å². The second kappa shape index (κ2) is 15.6. The van der Waals surface area contributed by atoms with Crippen LogP contribution in [0.25, 0.3) is 6.08 Å². The molecule has 238 valence electrons. The van der Waals surface area contributed by atoms with E-state index in [9.17, 15) is 9.59 Å². The van der Waals surface area contributed by atoms with E-state index in [2.05, 4.69) is 53.6 Å². The molecule has 3 amide bonds. The van der Waals surface area contributed by atoms with Crippen molar-refractivity contribution < 1.29 is 9.59 Å². The van der Waals surface area contributed by atoms with Gasteiger partial charge in [0.25, 0.3) is 5.91 Å². The molecule has 44 heavy (non-hydrogen) atoms. The highest BCUT2D eigenvalue weighted by molar-refractivity contribution is 6.07. The number of carbonyl (C=O) groups is 2. The summed E-state index contributed by atoms with van der Waals surface area (Å²) >= 11 is 0. The van der Waals surface area contributed by atoms with Crippen molar-refractivity contribution in [3.63, 3.8) is 0 Å². The predicted molar refractivity (Wildman–Crippen MR) is 179 cm³/mol. The number of hydrogen-bond acceptors (Lipinski definition) is 5. The molecule has 2 aliphatic heterocycles. The maximum Gasteiger partial charge on any atom is 0.317 e. The molecule has 0 radical (unpaired) electrons. The van der Waals surface area contributed by atoms with E-state index < -0.39 is 5.54 Å². The van der Waals surface area contributed by atoms with Crippen molar-refractivity contribution in [3.05, 3.63) is 65.3 Å². The van der Waals surface area contributed by atoms with Crippen molar-refractivity contribution >= 4 is 24.0 Å². The van der Waals surface area contributed by atoms with Gasteiger partial charge in [-0.15, -0.1) is 0 Å². The first-order valence-corrected chi connectivity index (χ1v) is 17.0. The number of rotatable bonds is 12. The number of aliphatic imine (C=N–C) groups is 1. The van der Waals surface area contributed by atoms with E-state index in [1.807, 2.05) is 23.1 Å². The number of amides is 3. The van der Waals surface area contributed by atoms with Gasteiger partial charge in [0.05, 0.1) is 6.54 Å². The molecule has 1 atom stereocenters. The third-order valence-corrected chi connectivity index (χ3v) is 9.83. The van der Waals surface area contributed by atoms with Crippen LogP contribution in [0.5, 0.6) is 0 Å². The Morgan fingerprint density at radius 1 is 1.05 bits per heavy atom. The Morgan fingerprint density at radius 3 is 2.48 bits per heavy atom. The third-order valence-electron chi connectivity index (χ3n) is 9.83. The van der Waals surface area contributed by atoms with Crippen LogP contribution in [0.15, 0.2) is 64.7 Å². The minimum absolute atomic E-state index is 0.00758. The van der Waals surface area contributed by atoms with E-state index in [-0.39, 0.29) is 11.9 Å². The Bertz CT molecular complexity index is 1240. The molecule has 2 fully saturated rings. The maximum atomic E-state index is 13.8. The van der Waals surface area contributed by atoms with Gasteiger partial charge in [-0.3, -0.25) is 14.6 Å². The lowest BCUT2D eigenvalue weighted by molar-refractivity contribution is -0.132. The fourth-order valence-electron chi connectivity index (χ4n) is 7.11. The SMILES string of the molecule is CCCCC1(CC2CCCCC2)N=C(N)N(CC2=CC=C(CNC(=O)N3CCN(C/C=C/c4ccccc4)CC3)CC2)C1=O. The summed E-state index contributed by atoms with van der Waals surface area (Å²) in [6, 6.07) is 10.3. The van der Waals surface area contributed by atoms with Gasteiger partial charge >= 0.3 is 6.03 Å². The van der Waals surface area contributed by atoms with Gasteiger partial charge in [0.15, 0.2) is 5.96 Å². The predicted octanol–water partition coefficient (Wildman–Crippen LogP) is 5.73. The van der Waals surface area contributed by atoms with E-state index in [4.69, 9.17) is 10.7 Å². The Labute approximate surface area is 264 Å². The Kier molecular flexibility index (Phi) is 11.3. The number of guanidine groups is 1. The number of hydrogen-bond donors (Lipinski definition) is 2. The van der Waals surface area contributed by atoms with E-state index >= 15 is 0 Å². The zero-order valence-corrected chi connectivity index (χ0v) is 26.7. The van der Waals surface area contributed by atoms with Gasteiger partial charge in [-0.2, -0.15) is 0 Å². The average Bonchev–Trinajstić information content (AvgIpc) is 3.28. The smallest absolute Gasteiger partial charge is 0.317 e. The highest BCUT2D eigenvalue weighted by Gasteiger charge is 2.48. The molecule has 1 aromatic rings. The summed E-state index contributed by atoms with van der Waals surface area (Å²) in [6.45, 7) is 7.36. The number of nitrogens with one attached hydrogen (secondary N) is 1. The molecule has 8 nitrogen and oxygen atoms in total. The maximum absolute atomic E-state index is 13.8. The monoisotopic (exact) mass is 600 g/mol. The highest BCUT2D eigenvalue weighted by Crippen LogP contribution is 2.39. The van der Waals surface area contributed by atoms with Gasteiger partial charge < -0.3 is 16.0 Å². The van der Waals surface area contributed by atoms with E-state index in [0.29, 0.717) is 25.0 Å².